The van der Waals surface area contributed by atoms with Gasteiger partial charge in [-0.05, 0) is 25.8 Å². The summed E-state index contributed by atoms with van der Waals surface area (Å²) in [5.74, 6) is -2.76. The van der Waals surface area contributed by atoms with Crippen LogP contribution in [-0.2, 0) is 24.3 Å². The zero-order chi connectivity index (χ0) is 21.0. The van der Waals surface area contributed by atoms with Crippen LogP contribution in [0.3, 0.4) is 0 Å². The van der Waals surface area contributed by atoms with E-state index in [9.17, 15) is 21.6 Å². The molecule has 1 unspecified atom stereocenters. The number of hydrogen-bond acceptors (Lipinski definition) is 6. The van der Waals surface area contributed by atoms with Gasteiger partial charge in [-0.3, -0.25) is 0 Å². The average Bonchev–Trinajstić information content (AvgIpc) is 3.40. The third kappa shape index (κ3) is 6.28. The van der Waals surface area contributed by atoms with Gasteiger partial charge in [0.25, 0.3) is 0 Å². The Bertz CT molecular complexity index is 641. The van der Waals surface area contributed by atoms with E-state index in [4.69, 9.17) is 19.4 Å². The number of rotatable bonds is 5. The van der Waals surface area contributed by atoms with Crippen LogP contribution in [0.1, 0.15) is 19.3 Å². The largest absolute Gasteiger partial charge is 0.490 e. The molecule has 3 rings (SSSR count). The van der Waals surface area contributed by atoms with E-state index in [1.54, 1.807) is 11.4 Å². The Hall–Kier alpha value is -0.950. The summed E-state index contributed by atoms with van der Waals surface area (Å²) in [7, 11) is -1.39. The molecule has 0 bridgehead atoms. The lowest BCUT2D eigenvalue weighted by atomic mass is 9.88. The van der Waals surface area contributed by atoms with E-state index in [1.807, 2.05) is 0 Å². The molecule has 8 nitrogen and oxygen atoms in total. The highest BCUT2D eigenvalue weighted by Gasteiger charge is 2.47. The number of likely N-dealkylation sites (tertiary alicyclic amines) is 1. The van der Waals surface area contributed by atoms with Gasteiger partial charge < -0.3 is 19.5 Å². The van der Waals surface area contributed by atoms with Crippen LogP contribution in [0, 0.1) is 5.41 Å². The number of hydrogen-bond donors (Lipinski definition) is 1. The molecule has 0 aromatic carbocycles. The fourth-order valence-electron chi connectivity index (χ4n) is 3.43. The van der Waals surface area contributed by atoms with E-state index < -0.39 is 22.2 Å². The molecule has 3 aliphatic rings. The van der Waals surface area contributed by atoms with Crippen LogP contribution in [0.25, 0.3) is 0 Å². The van der Waals surface area contributed by atoms with Crippen molar-refractivity contribution in [3.63, 3.8) is 0 Å². The minimum atomic E-state index is -5.08. The van der Waals surface area contributed by atoms with Gasteiger partial charge in [-0.2, -0.15) is 17.5 Å². The van der Waals surface area contributed by atoms with Gasteiger partial charge >= 0.3 is 12.1 Å². The number of methoxy groups -OCH3 is 1. The molecule has 1 spiro atoms. The molecule has 1 aliphatic carbocycles. The highest BCUT2D eigenvalue weighted by molar-refractivity contribution is 7.90. The maximum atomic E-state index is 12.5. The predicted molar refractivity (Wildman–Crippen MR) is 93.4 cm³/mol. The van der Waals surface area contributed by atoms with Crippen molar-refractivity contribution in [2.75, 3.05) is 59.7 Å². The second kappa shape index (κ2) is 9.24. The molecule has 12 heteroatoms. The van der Waals surface area contributed by atoms with E-state index in [1.165, 1.54) is 0 Å². The number of alkyl halides is 3. The number of aliphatic carboxylic acids is 1. The summed E-state index contributed by atoms with van der Waals surface area (Å²) in [6, 6.07) is 0. The Balaban J connectivity index is 0.000000345. The molecule has 0 amide bonds. The third-order valence-electron chi connectivity index (χ3n) is 5.08. The van der Waals surface area contributed by atoms with Gasteiger partial charge in [-0.15, -0.1) is 0 Å². The number of carboxylic acids is 1. The van der Waals surface area contributed by atoms with Gasteiger partial charge in [0.15, 0.2) is 0 Å². The smallest absolute Gasteiger partial charge is 0.475 e. The van der Waals surface area contributed by atoms with Crippen molar-refractivity contribution in [3.8, 4) is 0 Å². The molecular weight excluding hydrogens is 405 g/mol. The Kier molecular flexibility index (Phi) is 7.70. The normalized spacial score (nSPS) is 27.3. The molecule has 164 valence electrons. The van der Waals surface area contributed by atoms with Crippen LogP contribution in [0.2, 0.25) is 0 Å². The molecule has 1 saturated carbocycles. The summed E-state index contributed by atoms with van der Waals surface area (Å²) >= 11 is 0. The Morgan fingerprint density at radius 1 is 1.29 bits per heavy atom. The van der Waals surface area contributed by atoms with E-state index in [2.05, 4.69) is 4.90 Å². The molecule has 2 aliphatic heterocycles. The van der Waals surface area contributed by atoms with Crippen molar-refractivity contribution >= 4 is 16.0 Å². The molecule has 3 fully saturated rings. The highest BCUT2D eigenvalue weighted by Crippen LogP contribution is 2.37. The van der Waals surface area contributed by atoms with E-state index in [-0.39, 0.29) is 10.7 Å². The Labute approximate surface area is 162 Å². The second-order valence-electron chi connectivity index (χ2n) is 7.45. The number of nitrogens with zero attached hydrogens (tertiary/aromatic N) is 2. The van der Waals surface area contributed by atoms with E-state index in [0.717, 1.165) is 45.5 Å². The first kappa shape index (κ1) is 23.3. The molecule has 28 heavy (non-hydrogen) atoms. The van der Waals surface area contributed by atoms with Gasteiger partial charge in [0, 0.05) is 38.7 Å². The monoisotopic (exact) mass is 432 g/mol. The minimum Gasteiger partial charge on any atom is -0.475 e. The first-order chi connectivity index (χ1) is 13.0. The summed E-state index contributed by atoms with van der Waals surface area (Å²) in [6.07, 6.45) is -2.42. The fraction of sp³-hybridized carbons (Fsp3) is 0.938. The maximum absolute atomic E-state index is 12.5. The zero-order valence-corrected chi connectivity index (χ0v) is 16.6. The molecule has 1 atom stereocenters. The van der Waals surface area contributed by atoms with Crippen molar-refractivity contribution in [3.05, 3.63) is 0 Å². The van der Waals surface area contributed by atoms with Crippen LogP contribution >= 0.6 is 0 Å². The van der Waals surface area contributed by atoms with Crippen LogP contribution in [0.5, 0.6) is 0 Å². The number of carbonyl (C=O) groups is 1. The number of sulfonamides is 1. The van der Waals surface area contributed by atoms with Gasteiger partial charge in [0.05, 0.1) is 25.1 Å². The van der Waals surface area contributed by atoms with Crippen molar-refractivity contribution < 1.29 is 41.0 Å². The lowest BCUT2D eigenvalue weighted by Crippen LogP contribution is -2.44. The van der Waals surface area contributed by atoms with Crippen molar-refractivity contribution in [2.24, 2.45) is 5.41 Å². The summed E-state index contributed by atoms with van der Waals surface area (Å²) in [6.45, 7) is 5.87. The number of halogens is 3. The fourth-order valence-corrected chi connectivity index (χ4v) is 5.37. The molecule has 2 saturated heterocycles. The van der Waals surface area contributed by atoms with Crippen LogP contribution < -0.4 is 0 Å². The molecule has 2 heterocycles. The van der Waals surface area contributed by atoms with E-state index in [0.29, 0.717) is 26.3 Å². The minimum absolute atomic E-state index is 0.0355. The summed E-state index contributed by atoms with van der Waals surface area (Å²) in [4.78, 5) is 11.3. The standard InChI is InChI=1S/C14H26N2O4S.C2HF3O2/c1-19-8-6-15-5-4-14(10-15)11-16(7-9-20-12-14)21(17,18)13-2-3-13;3-2(4,5)1(6)7/h13H,2-12H2,1H3;(H,6,7). The molecule has 0 radical (unpaired) electrons. The lowest BCUT2D eigenvalue weighted by Gasteiger charge is -2.31. The summed E-state index contributed by atoms with van der Waals surface area (Å²) < 4.78 is 69.4. The van der Waals surface area contributed by atoms with Crippen LogP contribution in [0.15, 0.2) is 0 Å². The first-order valence-corrected chi connectivity index (χ1v) is 10.6. The van der Waals surface area contributed by atoms with Crippen molar-refractivity contribution in [1.82, 2.24) is 9.21 Å². The predicted octanol–water partition coefficient (Wildman–Crippen LogP) is 0.783. The Morgan fingerprint density at radius 2 is 1.93 bits per heavy atom. The quantitative estimate of drug-likeness (QED) is 0.686. The molecule has 1 N–H and O–H groups in total. The van der Waals surface area contributed by atoms with Crippen molar-refractivity contribution in [2.45, 2.75) is 30.7 Å². The summed E-state index contributed by atoms with van der Waals surface area (Å²) in [5, 5.41) is 7.00. The first-order valence-electron chi connectivity index (χ1n) is 9.08. The number of carboxylic acid groups (broad SMARTS) is 1. The zero-order valence-electron chi connectivity index (χ0n) is 15.8. The van der Waals surface area contributed by atoms with Gasteiger partial charge in [0.2, 0.25) is 10.0 Å². The van der Waals surface area contributed by atoms with Crippen LogP contribution in [-0.4, -0.2) is 99.8 Å². The summed E-state index contributed by atoms with van der Waals surface area (Å²) in [5.41, 5.74) is -0.0355. The van der Waals surface area contributed by atoms with Crippen molar-refractivity contribution in [1.29, 1.82) is 0 Å². The Morgan fingerprint density at radius 3 is 2.46 bits per heavy atom. The van der Waals surface area contributed by atoms with Gasteiger partial charge in [0.1, 0.15) is 0 Å². The second-order valence-corrected chi connectivity index (χ2v) is 9.67. The highest BCUT2D eigenvalue weighted by atomic mass is 32.2. The lowest BCUT2D eigenvalue weighted by molar-refractivity contribution is -0.192. The maximum Gasteiger partial charge on any atom is 0.490 e. The topological polar surface area (TPSA) is 96.4 Å². The SMILES string of the molecule is COCCN1CCC2(COCCN(S(=O)(=O)C3CC3)C2)C1.O=C(O)C(F)(F)F. The van der Waals surface area contributed by atoms with E-state index >= 15 is 0 Å². The third-order valence-corrected chi connectivity index (χ3v) is 7.43. The van der Waals surface area contributed by atoms with Gasteiger partial charge in [-0.1, -0.05) is 0 Å². The molecular formula is C16H27F3N2O6S. The van der Waals surface area contributed by atoms with Gasteiger partial charge in [-0.25, -0.2) is 13.2 Å². The molecule has 0 aromatic rings. The van der Waals surface area contributed by atoms with Crippen LogP contribution in [0.4, 0.5) is 13.2 Å². The average molecular weight is 432 g/mol. The number of ether oxygens (including phenoxy) is 2. The molecule has 0 aromatic heterocycles.